The molecule has 0 spiro atoms. The van der Waals surface area contributed by atoms with Crippen LogP contribution in [0.5, 0.6) is 0 Å². The van der Waals surface area contributed by atoms with Gasteiger partial charge >= 0.3 is 5.97 Å². The number of carbonyl (C=O) groups excluding carboxylic acids is 3. The SMILES string of the molecule is CCCCO/N=C(/C(=O)NC1C(=O)N2C(C(=O)O)=CC(C)S[C@H]12)c1cccc(NC=O)n1. The number of carbonyl (C=O) groups is 4. The molecule has 1 aromatic heterocycles. The number of thioether (sulfide) groups is 1. The van der Waals surface area contributed by atoms with Crippen LogP contribution in [0.3, 0.4) is 0 Å². The van der Waals surface area contributed by atoms with E-state index in [0.29, 0.717) is 13.0 Å². The van der Waals surface area contributed by atoms with Crippen LogP contribution in [-0.4, -0.2) is 68.2 Å². The van der Waals surface area contributed by atoms with Crippen molar-refractivity contribution in [2.24, 2.45) is 5.16 Å². The number of carboxylic acids is 1. The van der Waals surface area contributed by atoms with Crippen LogP contribution in [0.2, 0.25) is 0 Å². The number of pyridine rings is 1. The minimum Gasteiger partial charge on any atom is -0.477 e. The summed E-state index contributed by atoms with van der Waals surface area (Å²) in [5.41, 5.74) is -0.113. The van der Waals surface area contributed by atoms with E-state index in [4.69, 9.17) is 4.84 Å². The molecular weight excluding hydrogens is 438 g/mol. The minimum absolute atomic E-state index is 0.0946. The van der Waals surface area contributed by atoms with Gasteiger partial charge < -0.3 is 20.6 Å². The summed E-state index contributed by atoms with van der Waals surface area (Å²) in [5, 5.41) is 17.6. The third kappa shape index (κ3) is 4.90. The molecule has 2 aliphatic heterocycles. The van der Waals surface area contributed by atoms with Gasteiger partial charge in [0.15, 0.2) is 5.71 Å². The standard InChI is InChI=1S/C20H23N5O6S/c1-3-4-8-31-24-15(12-6-5-7-14(22-12)21-10-26)17(27)23-16-18(28)25-13(20(29)30)9-11(2)32-19(16)25/h5-7,9-11,16,19H,3-4,8H2,1-2H3,(H,23,27)(H,29,30)(H,21,22,26)/b24-15+/t11?,16?,19-/m1/s1. The maximum absolute atomic E-state index is 13.0. The van der Waals surface area contributed by atoms with E-state index < -0.39 is 29.2 Å². The summed E-state index contributed by atoms with van der Waals surface area (Å²) in [4.78, 5) is 58.4. The molecule has 3 atom stereocenters. The molecule has 0 bridgehead atoms. The molecule has 170 valence electrons. The summed E-state index contributed by atoms with van der Waals surface area (Å²) in [7, 11) is 0. The average Bonchev–Trinajstić information content (AvgIpc) is 2.77. The Morgan fingerprint density at radius 2 is 2.19 bits per heavy atom. The summed E-state index contributed by atoms with van der Waals surface area (Å²) in [5.74, 6) is -2.21. The summed E-state index contributed by atoms with van der Waals surface area (Å²) < 4.78 is 0. The summed E-state index contributed by atoms with van der Waals surface area (Å²) >= 11 is 1.37. The number of aliphatic carboxylic acids is 1. The van der Waals surface area contributed by atoms with Crippen LogP contribution in [0.4, 0.5) is 5.82 Å². The fraction of sp³-hybridized carbons (Fsp3) is 0.400. The van der Waals surface area contributed by atoms with Crippen LogP contribution in [0.25, 0.3) is 0 Å². The molecule has 1 aromatic rings. The first kappa shape index (κ1) is 23.3. The zero-order chi connectivity index (χ0) is 23.3. The second-order valence-corrected chi connectivity index (χ2v) is 8.54. The Labute approximate surface area is 188 Å². The fourth-order valence-corrected chi connectivity index (χ4v) is 4.50. The van der Waals surface area contributed by atoms with Crippen molar-refractivity contribution < 1.29 is 29.1 Å². The first-order valence-corrected chi connectivity index (χ1v) is 10.9. The average molecular weight is 462 g/mol. The number of β-lactam (4-membered cyclic amide) rings is 1. The quantitative estimate of drug-likeness (QED) is 0.153. The van der Waals surface area contributed by atoms with Crippen molar-refractivity contribution in [3.05, 3.63) is 35.7 Å². The Morgan fingerprint density at radius 1 is 1.41 bits per heavy atom. The van der Waals surface area contributed by atoms with Gasteiger partial charge in [-0.3, -0.25) is 19.3 Å². The van der Waals surface area contributed by atoms with Crippen LogP contribution in [0.15, 0.2) is 35.1 Å². The number of unbranched alkanes of at least 4 members (excludes halogenated alkanes) is 1. The Balaban J connectivity index is 1.81. The number of hydrogen-bond acceptors (Lipinski definition) is 8. The fourth-order valence-electron chi connectivity index (χ4n) is 3.17. The minimum atomic E-state index is -1.20. The lowest BCUT2D eigenvalue weighted by Crippen LogP contribution is -2.71. The molecule has 0 radical (unpaired) electrons. The number of nitrogens with one attached hydrogen (secondary N) is 2. The smallest absolute Gasteiger partial charge is 0.352 e. The predicted molar refractivity (Wildman–Crippen MR) is 117 cm³/mol. The number of oxime groups is 1. The number of nitrogens with zero attached hydrogens (tertiary/aromatic N) is 3. The number of anilines is 1. The third-order valence-corrected chi connectivity index (χ3v) is 6.04. The van der Waals surface area contributed by atoms with E-state index in [9.17, 15) is 24.3 Å². The molecule has 3 amide bonds. The molecule has 3 N–H and O–H groups in total. The van der Waals surface area contributed by atoms with Gasteiger partial charge in [-0.25, -0.2) is 9.78 Å². The largest absolute Gasteiger partial charge is 0.477 e. The monoisotopic (exact) mass is 461 g/mol. The summed E-state index contributed by atoms with van der Waals surface area (Å²) in [6.07, 6.45) is 3.56. The van der Waals surface area contributed by atoms with Crippen LogP contribution < -0.4 is 10.6 Å². The van der Waals surface area contributed by atoms with Crippen LogP contribution in [0.1, 0.15) is 32.4 Å². The highest BCUT2D eigenvalue weighted by Gasteiger charge is 2.54. The number of amides is 3. The zero-order valence-electron chi connectivity index (χ0n) is 17.5. The molecule has 1 fully saturated rings. The Hall–Kier alpha value is -3.41. The van der Waals surface area contributed by atoms with Crippen molar-refractivity contribution in [3.8, 4) is 0 Å². The molecular formula is C20H23N5O6S. The first-order valence-electron chi connectivity index (χ1n) is 9.99. The molecule has 0 saturated carbocycles. The van der Waals surface area contributed by atoms with E-state index in [2.05, 4.69) is 20.8 Å². The van der Waals surface area contributed by atoms with Gasteiger partial charge in [0.1, 0.15) is 35.2 Å². The van der Waals surface area contributed by atoms with Crippen LogP contribution in [0, 0.1) is 0 Å². The zero-order valence-corrected chi connectivity index (χ0v) is 18.3. The molecule has 32 heavy (non-hydrogen) atoms. The number of carboxylic acid groups (broad SMARTS) is 1. The highest BCUT2D eigenvalue weighted by atomic mass is 32.2. The molecule has 2 unspecified atom stereocenters. The van der Waals surface area contributed by atoms with E-state index in [0.717, 1.165) is 12.8 Å². The predicted octanol–water partition coefficient (Wildman–Crippen LogP) is 0.928. The van der Waals surface area contributed by atoms with Crippen molar-refractivity contribution >= 4 is 47.5 Å². The Bertz CT molecular complexity index is 981. The Kier molecular flexibility index (Phi) is 7.46. The lowest BCUT2D eigenvalue weighted by Gasteiger charge is -2.49. The van der Waals surface area contributed by atoms with Gasteiger partial charge in [-0.2, -0.15) is 0 Å². The number of fused-ring (bicyclic) bond motifs is 1. The molecule has 1 saturated heterocycles. The van der Waals surface area contributed by atoms with Crippen molar-refractivity contribution in [3.63, 3.8) is 0 Å². The maximum Gasteiger partial charge on any atom is 0.352 e. The molecule has 0 aromatic carbocycles. The van der Waals surface area contributed by atoms with E-state index in [1.54, 1.807) is 12.1 Å². The number of aromatic nitrogens is 1. The van der Waals surface area contributed by atoms with E-state index in [-0.39, 0.29) is 28.2 Å². The van der Waals surface area contributed by atoms with Crippen molar-refractivity contribution in [1.29, 1.82) is 0 Å². The third-order valence-electron chi connectivity index (χ3n) is 4.71. The second kappa shape index (κ2) is 10.3. The van der Waals surface area contributed by atoms with Gasteiger partial charge in [0, 0.05) is 5.25 Å². The number of hydrogen-bond donors (Lipinski definition) is 3. The molecule has 12 heteroatoms. The Morgan fingerprint density at radius 3 is 2.88 bits per heavy atom. The van der Waals surface area contributed by atoms with Gasteiger partial charge in [0.25, 0.3) is 11.8 Å². The highest BCUT2D eigenvalue weighted by Crippen LogP contribution is 2.40. The molecule has 3 heterocycles. The van der Waals surface area contributed by atoms with E-state index >= 15 is 0 Å². The van der Waals surface area contributed by atoms with E-state index in [1.807, 2.05) is 13.8 Å². The molecule has 0 aliphatic carbocycles. The topological polar surface area (TPSA) is 150 Å². The summed E-state index contributed by atoms with van der Waals surface area (Å²) in [6.45, 7) is 4.09. The highest BCUT2D eigenvalue weighted by molar-refractivity contribution is 8.00. The van der Waals surface area contributed by atoms with Crippen LogP contribution >= 0.6 is 11.8 Å². The van der Waals surface area contributed by atoms with Gasteiger partial charge in [-0.05, 0) is 31.6 Å². The number of rotatable bonds is 10. The van der Waals surface area contributed by atoms with Gasteiger partial charge in [0.2, 0.25) is 6.41 Å². The van der Waals surface area contributed by atoms with Crippen molar-refractivity contribution in [2.75, 3.05) is 11.9 Å². The normalized spacial score (nSPS) is 22.2. The molecule has 2 aliphatic rings. The van der Waals surface area contributed by atoms with Gasteiger partial charge in [-0.1, -0.05) is 24.6 Å². The summed E-state index contributed by atoms with van der Waals surface area (Å²) in [6, 6.07) is 3.73. The first-order chi connectivity index (χ1) is 15.4. The van der Waals surface area contributed by atoms with Crippen molar-refractivity contribution in [1.82, 2.24) is 15.2 Å². The molecule has 3 rings (SSSR count). The lowest BCUT2D eigenvalue weighted by molar-refractivity contribution is -0.150. The van der Waals surface area contributed by atoms with E-state index in [1.165, 1.54) is 28.8 Å². The molecule has 11 nitrogen and oxygen atoms in total. The second-order valence-electron chi connectivity index (χ2n) is 7.05. The maximum atomic E-state index is 13.0. The lowest BCUT2D eigenvalue weighted by atomic mass is 10.0. The van der Waals surface area contributed by atoms with Gasteiger partial charge in [0.05, 0.1) is 0 Å². The van der Waals surface area contributed by atoms with Crippen molar-refractivity contribution in [2.45, 2.75) is 43.4 Å². The van der Waals surface area contributed by atoms with Crippen LogP contribution in [-0.2, 0) is 24.0 Å². The van der Waals surface area contributed by atoms with Gasteiger partial charge in [-0.15, -0.1) is 11.8 Å².